The minimum Gasteiger partial charge on any atom is -0.231 e. The lowest BCUT2D eigenvalue weighted by atomic mass is 10.1. The lowest BCUT2D eigenvalue weighted by Crippen LogP contribution is -2.34. The summed E-state index contributed by atoms with van der Waals surface area (Å²) in [6, 6.07) is 5.48. The van der Waals surface area contributed by atoms with Gasteiger partial charge in [0.2, 0.25) is 0 Å². The minimum absolute atomic E-state index is 0.515. The largest absolute Gasteiger partial charge is 0.231 e. The molecule has 0 unspecified atom stereocenters. The second-order valence-corrected chi connectivity index (χ2v) is 15.8. The Hall–Kier alpha value is -0.613. The lowest BCUT2D eigenvalue weighted by Gasteiger charge is -2.19. The molecule has 0 aliphatic carbocycles. The Balaban J connectivity index is 3.49. The van der Waals surface area contributed by atoms with Crippen molar-refractivity contribution in [2.24, 2.45) is 0 Å². The average molecular weight is 243 g/mol. The van der Waals surface area contributed by atoms with Gasteiger partial charge in [0.25, 0.3) is 0 Å². The van der Waals surface area contributed by atoms with E-state index in [0.29, 0.717) is 4.90 Å². The van der Waals surface area contributed by atoms with E-state index in [1.54, 1.807) is 6.07 Å². The van der Waals surface area contributed by atoms with E-state index in [1.165, 1.54) is 0 Å². The van der Waals surface area contributed by atoms with E-state index < -0.39 is 16.5 Å². The van der Waals surface area contributed by atoms with Gasteiger partial charge in [-0.25, -0.2) is 8.42 Å². The molecule has 0 spiro atoms. The third kappa shape index (κ3) is 2.15. The van der Waals surface area contributed by atoms with Crippen LogP contribution in [-0.4, -0.2) is 15.6 Å². The predicted molar refractivity (Wildman–Crippen MR) is 66.4 cm³/mol. The second-order valence-electron chi connectivity index (χ2n) is 4.81. The van der Waals surface area contributed by atoms with E-state index in [1.807, 2.05) is 45.6 Å². The first kappa shape index (κ1) is 12.5. The van der Waals surface area contributed by atoms with E-state index in [4.69, 9.17) is 0 Å². The Morgan fingerprint density at radius 1 is 1.07 bits per heavy atom. The van der Waals surface area contributed by atoms with Crippen LogP contribution in [0.4, 0.5) is 0 Å². The van der Waals surface area contributed by atoms with Gasteiger partial charge in [0.15, 0.2) is 7.22 Å². The summed E-state index contributed by atoms with van der Waals surface area (Å²) in [5.74, 6) is 0. The lowest BCUT2D eigenvalue weighted by molar-refractivity contribution is 0.606. The minimum atomic E-state index is -3.09. The molecule has 1 rings (SSSR count). The molecule has 84 valence electrons. The van der Waals surface area contributed by atoms with Gasteiger partial charge >= 0.3 is 0 Å². The third-order valence-corrected chi connectivity index (χ3v) is 10.8. The fraction of sp³-hybridized carbons (Fsp3) is 0.455. The summed E-state index contributed by atoms with van der Waals surface area (Å²) < 4.78 is 24.6. The molecule has 0 bridgehead atoms. The summed E-state index contributed by atoms with van der Waals surface area (Å²) in [5, 5.41) is 0. The smallest absolute Gasteiger partial charge is 0.192 e. The Kier molecular flexibility index (Phi) is 3.12. The molecule has 0 aliphatic rings. The van der Waals surface area contributed by atoms with Crippen LogP contribution in [0.2, 0.25) is 19.6 Å². The van der Waals surface area contributed by atoms with Crippen molar-refractivity contribution >= 4 is 16.5 Å². The van der Waals surface area contributed by atoms with E-state index >= 15 is 0 Å². The molecule has 0 amide bonds. The fourth-order valence-electron chi connectivity index (χ4n) is 1.35. The molecule has 0 saturated carbocycles. The van der Waals surface area contributed by atoms with Gasteiger partial charge in [-0.1, -0.05) is 31.8 Å². The standard InChI is InChI=1S/C11H18O2SSi/c1-9-7-6-8-11(10(9)2)14(12,13)15(3,4)5/h6-8H,1-5H3/i3+1. The van der Waals surface area contributed by atoms with Crippen LogP contribution in [0, 0.1) is 13.8 Å². The quantitative estimate of drug-likeness (QED) is 0.591. The molecular formula is C11H18O2SSi. The first-order valence-corrected chi connectivity index (χ1v) is 10.7. The maximum Gasteiger partial charge on any atom is 0.192 e. The molecule has 4 heteroatoms. The van der Waals surface area contributed by atoms with Crippen molar-refractivity contribution in [2.75, 3.05) is 0 Å². The Labute approximate surface area is 92.9 Å². The third-order valence-electron chi connectivity index (χ3n) is 2.65. The molecule has 0 fully saturated rings. The molecule has 0 N–H and O–H groups in total. The van der Waals surface area contributed by atoms with Crippen molar-refractivity contribution in [1.29, 1.82) is 0 Å². The van der Waals surface area contributed by atoms with Crippen molar-refractivity contribution in [3.8, 4) is 0 Å². The van der Waals surface area contributed by atoms with Crippen LogP contribution in [-0.2, 0) is 9.29 Å². The average Bonchev–Trinajstić information content (AvgIpc) is 2.07. The zero-order valence-corrected chi connectivity index (χ0v) is 11.8. The first-order chi connectivity index (χ1) is 6.68. The van der Waals surface area contributed by atoms with E-state index in [-0.39, 0.29) is 0 Å². The number of hydrogen-bond donors (Lipinski definition) is 0. The maximum atomic E-state index is 12.3. The fourth-order valence-corrected chi connectivity index (χ4v) is 5.47. The van der Waals surface area contributed by atoms with Crippen molar-refractivity contribution in [3.05, 3.63) is 29.3 Å². The molecule has 0 saturated heterocycles. The van der Waals surface area contributed by atoms with Crippen LogP contribution in [0.25, 0.3) is 0 Å². The Morgan fingerprint density at radius 3 is 2.07 bits per heavy atom. The summed E-state index contributed by atoms with van der Waals surface area (Å²) in [4.78, 5) is 0.515. The molecular weight excluding hydrogens is 225 g/mol. The van der Waals surface area contributed by atoms with Crippen LogP contribution < -0.4 is 0 Å². The molecule has 0 radical (unpaired) electrons. The highest BCUT2D eigenvalue weighted by atomic mass is 32.4. The summed E-state index contributed by atoms with van der Waals surface area (Å²) in [6.45, 7) is 9.42. The van der Waals surface area contributed by atoms with Crippen molar-refractivity contribution in [1.82, 2.24) is 0 Å². The van der Waals surface area contributed by atoms with E-state index in [0.717, 1.165) is 11.1 Å². The monoisotopic (exact) mass is 243 g/mol. The first-order valence-electron chi connectivity index (χ1n) is 4.99. The molecule has 1 aromatic carbocycles. The zero-order chi connectivity index (χ0) is 11.9. The van der Waals surface area contributed by atoms with Gasteiger partial charge in [-0.05, 0) is 31.0 Å². The Morgan fingerprint density at radius 2 is 1.60 bits per heavy atom. The zero-order valence-electron chi connectivity index (χ0n) is 9.96. The Bertz CT molecular complexity index is 470. The van der Waals surface area contributed by atoms with Gasteiger partial charge in [-0.15, -0.1) is 0 Å². The van der Waals surface area contributed by atoms with Crippen LogP contribution >= 0.6 is 0 Å². The molecule has 0 atom stereocenters. The SMILES string of the molecule is Cc1cccc(S(=O)(=O)[Si](C)(C)[13CH3])c1C. The van der Waals surface area contributed by atoms with Crippen LogP contribution in [0.15, 0.2) is 23.1 Å². The van der Waals surface area contributed by atoms with Gasteiger partial charge in [0, 0.05) is 0 Å². The number of benzene rings is 1. The molecule has 0 aromatic heterocycles. The van der Waals surface area contributed by atoms with Crippen molar-refractivity contribution in [3.63, 3.8) is 0 Å². The van der Waals surface area contributed by atoms with E-state index in [9.17, 15) is 8.42 Å². The van der Waals surface area contributed by atoms with Crippen molar-refractivity contribution < 1.29 is 8.42 Å². The summed E-state index contributed by atoms with van der Waals surface area (Å²) >= 11 is 0. The highest BCUT2D eigenvalue weighted by Crippen LogP contribution is 2.26. The van der Waals surface area contributed by atoms with Gasteiger partial charge in [0.05, 0.1) is 4.90 Å². The molecule has 0 heterocycles. The van der Waals surface area contributed by atoms with Crippen LogP contribution in [0.3, 0.4) is 0 Å². The van der Waals surface area contributed by atoms with Gasteiger partial charge in [-0.2, -0.15) is 0 Å². The molecule has 15 heavy (non-hydrogen) atoms. The van der Waals surface area contributed by atoms with Gasteiger partial charge < -0.3 is 0 Å². The summed E-state index contributed by atoms with van der Waals surface area (Å²) in [6.07, 6.45) is 0. The summed E-state index contributed by atoms with van der Waals surface area (Å²) in [5.41, 5.74) is 1.93. The number of hydrogen-bond acceptors (Lipinski definition) is 2. The predicted octanol–water partition coefficient (Wildman–Crippen LogP) is 2.91. The molecule has 1 aromatic rings. The molecule has 0 aliphatic heterocycles. The summed E-state index contributed by atoms with van der Waals surface area (Å²) in [7, 11) is -5.30. The van der Waals surface area contributed by atoms with E-state index in [2.05, 4.69) is 0 Å². The molecule has 2 nitrogen and oxygen atoms in total. The van der Waals surface area contributed by atoms with Gasteiger partial charge in [-0.3, -0.25) is 0 Å². The highest BCUT2D eigenvalue weighted by molar-refractivity contribution is 8.21. The topological polar surface area (TPSA) is 34.1 Å². The number of rotatable bonds is 2. The highest BCUT2D eigenvalue weighted by Gasteiger charge is 2.34. The van der Waals surface area contributed by atoms with Gasteiger partial charge in [0.1, 0.15) is 9.29 Å². The van der Waals surface area contributed by atoms with Crippen LogP contribution in [0.1, 0.15) is 11.1 Å². The number of aryl methyl sites for hydroxylation is 1. The normalized spacial score (nSPS) is 12.9. The second kappa shape index (κ2) is 3.76. The van der Waals surface area contributed by atoms with Crippen molar-refractivity contribution in [2.45, 2.75) is 38.4 Å². The maximum absolute atomic E-state index is 12.3. The van der Waals surface area contributed by atoms with Crippen LogP contribution in [0.5, 0.6) is 0 Å².